The van der Waals surface area contributed by atoms with Gasteiger partial charge in [-0.05, 0) is 43.0 Å². The van der Waals surface area contributed by atoms with Crippen LogP contribution >= 0.6 is 0 Å². The number of aryl methyl sites for hydroxylation is 2. The fourth-order valence-corrected chi connectivity index (χ4v) is 2.31. The molecular weight excluding hydrogens is 202 g/mol. The predicted molar refractivity (Wildman–Crippen MR) is 62.3 cm³/mol. The van der Waals surface area contributed by atoms with E-state index in [0.717, 1.165) is 18.4 Å². The van der Waals surface area contributed by atoms with Crippen LogP contribution in [-0.4, -0.2) is 20.1 Å². The Morgan fingerprint density at radius 1 is 1.38 bits per heavy atom. The van der Waals surface area contributed by atoms with Gasteiger partial charge in [0.05, 0.1) is 7.11 Å². The van der Waals surface area contributed by atoms with Gasteiger partial charge in [0.1, 0.15) is 6.04 Å². The molecule has 0 fully saturated rings. The summed E-state index contributed by atoms with van der Waals surface area (Å²) in [7, 11) is 3.19. The van der Waals surface area contributed by atoms with Crippen molar-refractivity contribution in [2.75, 3.05) is 14.2 Å². The van der Waals surface area contributed by atoms with Gasteiger partial charge in [-0.2, -0.15) is 0 Å². The van der Waals surface area contributed by atoms with Gasteiger partial charge in [-0.25, -0.2) is 4.79 Å². The molecule has 16 heavy (non-hydrogen) atoms. The summed E-state index contributed by atoms with van der Waals surface area (Å²) < 4.78 is 4.78. The highest BCUT2D eigenvalue weighted by atomic mass is 16.5. The van der Waals surface area contributed by atoms with E-state index in [9.17, 15) is 4.79 Å². The lowest BCUT2D eigenvalue weighted by Gasteiger charge is -2.15. The number of hydrogen-bond donors (Lipinski definition) is 1. The molecule has 3 heteroatoms. The predicted octanol–water partition coefficient (Wildman–Crippen LogP) is 1.61. The Hall–Kier alpha value is -1.35. The first kappa shape index (κ1) is 11.1. The lowest BCUT2D eigenvalue weighted by molar-refractivity contribution is -0.143. The summed E-state index contributed by atoms with van der Waals surface area (Å²) in [6.45, 7) is 0. The molecule has 0 heterocycles. The zero-order chi connectivity index (χ0) is 11.5. The summed E-state index contributed by atoms with van der Waals surface area (Å²) in [5.74, 6) is -0.236. The van der Waals surface area contributed by atoms with Gasteiger partial charge < -0.3 is 10.1 Å². The van der Waals surface area contributed by atoms with Crippen molar-refractivity contribution in [3.8, 4) is 0 Å². The van der Waals surface area contributed by atoms with Crippen molar-refractivity contribution >= 4 is 5.97 Å². The number of rotatable bonds is 3. The van der Waals surface area contributed by atoms with Crippen LogP contribution in [-0.2, 0) is 22.4 Å². The summed E-state index contributed by atoms with van der Waals surface area (Å²) in [5, 5.41) is 2.99. The molecule has 1 N–H and O–H groups in total. The zero-order valence-electron chi connectivity index (χ0n) is 9.75. The number of benzene rings is 1. The van der Waals surface area contributed by atoms with Crippen molar-refractivity contribution in [3.63, 3.8) is 0 Å². The van der Waals surface area contributed by atoms with Crippen molar-refractivity contribution in [1.82, 2.24) is 5.32 Å². The molecule has 1 aliphatic rings. The molecule has 3 nitrogen and oxygen atoms in total. The van der Waals surface area contributed by atoms with Gasteiger partial charge >= 0.3 is 5.97 Å². The first-order valence-electron chi connectivity index (χ1n) is 5.63. The smallest absolute Gasteiger partial charge is 0.327 e. The van der Waals surface area contributed by atoms with E-state index in [0.29, 0.717) is 0 Å². The van der Waals surface area contributed by atoms with Gasteiger partial charge in [0.25, 0.3) is 0 Å². The number of carbonyl (C=O) groups excluding carboxylic acids is 1. The van der Waals surface area contributed by atoms with Crippen LogP contribution in [0.3, 0.4) is 0 Å². The Labute approximate surface area is 95.8 Å². The number of methoxy groups -OCH3 is 1. The minimum Gasteiger partial charge on any atom is -0.468 e. The molecule has 0 saturated carbocycles. The molecule has 2 rings (SSSR count). The summed E-state index contributed by atoms with van der Waals surface area (Å²) in [4.78, 5) is 11.6. The summed E-state index contributed by atoms with van der Waals surface area (Å²) in [6.07, 6.45) is 3.51. The second kappa shape index (κ2) is 4.66. The molecule has 0 bridgehead atoms. The third-order valence-corrected chi connectivity index (χ3v) is 3.18. The first-order chi connectivity index (χ1) is 7.76. The molecule has 0 radical (unpaired) electrons. The SMILES string of the molecule is CNC(C(=O)OC)c1ccc2c(c1)CCC2. The number of likely N-dealkylation sites (N-methyl/N-ethyl adjacent to an activating group) is 1. The Kier molecular flexibility index (Phi) is 3.25. The van der Waals surface area contributed by atoms with E-state index in [1.807, 2.05) is 6.07 Å². The van der Waals surface area contributed by atoms with Crippen LogP contribution in [0.2, 0.25) is 0 Å². The van der Waals surface area contributed by atoms with E-state index >= 15 is 0 Å². The van der Waals surface area contributed by atoms with Crippen LogP contribution in [0.4, 0.5) is 0 Å². The summed E-state index contributed by atoms with van der Waals surface area (Å²) >= 11 is 0. The lowest BCUT2D eigenvalue weighted by atomic mass is 10.0. The fraction of sp³-hybridized carbons (Fsp3) is 0.462. The number of carbonyl (C=O) groups is 1. The molecular formula is C13H17NO2. The molecule has 0 amide bonds. The maximum atomic E-state index is 11.6. The maximum Gasteiger partial charge on any atom is 0.327 e. The van der Waals surface area contributed by atoms with Crippen LogP contribution in [0.1, 0.15) is 29.2 Å². The number of hydrogen-bond acceptors (Lipinski definition) is 3. The second-order valence-corrected chi connectivity index (χ2v) is 4.13. The zero-order valence-corrected chi connectivity index (χ0v) is 9.75. The molecule has 1 aliphatic carbocycles. The van der Waals surface area contributed by atoms with Crippen molar-refractivity contribution in [3.05, 3.63) is 34.9 Å². The van der Waals surface area contributed by atoms with E-state index in [1.54, 1.807) is 7.05 Å². The lowest BCUT2D eigenvalue weighted by Crippen LogP contribution is -2.26. The van der Waals surface area contributed by atoms with Gasteiger partial charge in [-0.3, -0.25) is 0 Å². The van der Waals surface area contributed by atoms with Crippen LogP contribution in [0.25, 0.3) is 0 Å². The van der Waals surface area contributed by atoms with E-state index in [4.69, 9.17) is 4.74 Å². The highest BCUT2D eigenvalue weighted by molar-refractivity contribution is 5.77. The van der Waals surface area contributed by atoms with Gasteiger partial charge in [-0.1, -0.05) is 18.2 Å². The average molecular weight is 219 g/mol. The highest BCUT2D eigenvalue weighted by Crippen LogP contribution is 2.25. The van der Waals surface area contributed by atoms with E-state index < -0.39 is 0 Å². The minimum absolute atomic E-state index is 0.236. The molecule has 0 aliphatic heterocycles. The standard InChI is InChI=1S/C13H17NO2/c1-14-12(13(15)16-2)11-7-6-9-4-3-5-10(9)8-11/h6-8,12,14H,3-5H2,1-2H3. The van der Waals surface area contributed by atoms with E-state index in [-0.39, 0.29) is 12.0 Å². The highest BCUT2D eigenvalue weighted by Gasteiger charge is 2.21. The Morgan fingerprint density at radius 3 is 2.81 bits per heavy atom. The van der Waals surface area contributed by atoms with Crippen LogP contribution < -0.4 is 5.32 Å². The number of nitrogens with one attached hydrogen (secondary N) is 1. The molecule has 86 valence electrons. The average Bonchev–Trinajstić information content (AvgIpc) is 2.77. The normalized spacial score (nSPS) is 15.6. The molecule has 1 atom stereocenters. The van der Waals surface area contributed by atoms with Gasteiger partial charge in [-0.15, -0.1) is 0 Å². The third-order valence-electron chi connectivity index (χ3n) is 3.18. The summed E-state index contributed by atoms with van der Waals surface area (Å²) in [5.41, 5.74) is 3.79. The van der Waals surface area contributed by atoms with E-state index in [2.05, 4.69) is 17.4 Å². The Bertz CT molecular complexity index is 401. The molecule has 0 saturated heterocycles. The molecule has 0 aromatic heterocycles. The monoisotopic (exact) mass is 219 g/mol. The first-order valence-corrected chi connectivity index (χ1v) is 5.63. The van der Waals surface area contributed by atoms with Gasteiger partial charge in [0, 0.05) is 0 Å². The quantitative estimate of drug-likeness (QED) is 0.785. The van der Waals surface area contributed by atoms with Crippen molar-refractivity contribution in [1.29, 1.82) is 0 Å². The molecule has 1 aromatic rings. The van der Waals surface area contributed by atoms with Crippen molar-refractivity contribution in [2.45, 2.75) is 25.3 Å². The fourth-order valence-electron chi connectivity index (χ4n) is 2.31. The molecule has 1 unspecified atom stereocenters. The largest absolute Gasteiger partial charge is 0.468 e. The topological polar surface area (TPSA) is 38.3 Å². The van der Waals surface area contributed by atoms with Crippen LogP contribution in [0, 0.1) is 0 Å². The van der Waals surface area contributed by atoms with Crippen LogP contribution in [0.5, 0.6) is 0 Å². The minimum atomic E-state index is -0.351. The maximum absolute atomic E-state index is 11.6. The number of esters is 1. The van der Waals surface area contributed by atoms with E-state index in [1.165, 1.54) is 24.7 Å². The van der Waals surface area contributed by atoms with Crippen molar-refractivity contribution < 1.29 is 9.53 Å². The summed E-state index contributed by atoms with van der Waals surface area (Å²) in [6, 6.07) is 5.92. The Balaban J connectivity index is 2.29. The third kappa shape index (κ3) is 1.95. The van der Waals surface area contributed by atoms with Gasteiger partial charge in [0.15, 0.2) is 0 Å². The molecule has 0 spiro atoms. The van der Waals surface area contributed by atoms with Crippen molar-refractivity contribution in [2.24, 2.45) is 0 Å². The van der Waals surface area contributed by atoms with Gasteiger partial charge in [0.2, 0.25) is 0 Å². The number of fused-ring (bicyclic) bond motifs is 1. The Morgan fingerprint density at radius 2 is 2.12 bits per heavy atom. The number of ether oxygens (including phenoxy) is 1. The molecule has 1 aromatic carbocycles. The second-order valence-electron chi connectivity index (χ2n) is 4.13. The van der Waals surface area contributed by atoms with Crippen LogP contribution in [0.15, 0.2) is 18.2 Å².